The molecule has 0 amide bonds. The molecule has 0 aliphatic heterocycles. The number of rotatable bonds is 4. The summed E-state index contributed by atoms with van der Waals surface area (Å²) in [4.78, 5) is 15.0. The minimum absolute atomic E-state index is 0.0363. The fraction of sp³-hybridized carbons (Fsp3) is 0.0769. The lowest BCUT2D eigenvalue weighted by Crippen LogP contribution is -1.97. The number of halogens is 3. The third-order valence-corrected chi connectivity index (χ3v) is 4.07. The van der Waals surface area contributed by atoms with Gasteiger partial charge in [0.1, 0.15) is 16.1 Å². The minimum Gasteiger partial charge on any atom is -0.478 e. The Morgan fingerprint density at radius 1 is 1.30 bits per heavy atom. The number of hydrogen-bond acceptors (Lipinski definition) is 3. The monoisotopic (exact) mass is 331 g/mol. The Morgan fingerprint density at radius 3 is 2.70 bits per heavy atom. The van der Waals surface area contributed by atoms with Gasteiger partial charge in [-0.15, -0.1) is 11.8 Å². The molecular formula is C13H8Cl2FNO2S. The van der Waals surface area contributed by atoms with Gasteiger partial charge in [-0.1, -0.05) is 29.3 Å². The average Bonchev–Trinajstić information content (AvgIpc) is 2.39. The number of nitrogens with zero attached hydrogens (tertiary/aromatic N) is 1. The van der Waals surface area contributed by atoms with Gasteiger partial charge in [-0.25, -0.2) is 14.2 Å². The number of thioether (sulfide) groups is 1. The van der Waals surface area contributed by atoms with E-state index in [4.69, 9.17) is 28.3 Å². The molecule has 1 aromatic heterocycles. The van der Waals surface area contributed by atoms with Crippen molar-refractivity contribution < 1.29 is 14.3 Å². The molecule has 0 saturated carbocycles. The van der Waals surface area contributed by atoms with Crippen LogP contribution in [0.4, 0.5) is 4.39 Å². The summed E-state index contributed by atoms with van der Waals surface area (Å²) < 4.78 is 13.6. The first-order chi connectivity index (χ1) is 9.47. The van der Waals surface area contributed by atoms with Gasteiger partial charge in [0.2, 0.25) is 0 Å². The second kappa shape index (κ2) is 6.43. The number of carbonyl (C=O) groups is 1. The van der Waals surface area contributed by atoms with E-state index in [9.17, 15) is 9.18 Å². The van der Waals surface area contributed by atoms with Gasteiger partial charge in [0, 0.05) is 10.6 Å². The maximum Gasteiger partial charge on any atom is 0.335 e. The molecular weight excluding hydrogens is 324 g/mol. The zero-order chi connectivity index (χ0) is 14.7. The van der Waals surface area contributed by atoms with Crippen molar-refractivity contribution in [3.63, 3.8) is 0 Å². The van der Waals surface area contributed by atoms with Crippen molar-refractivity contribution >= 4 is 40.9 Å². The van der Waals surface area contributed by atoms with E-state index in [1.165, 1.54) is 12.1 Å². The number of benzene rings is 1. The van der Waals surface area contributed by atoms with Crippen molar-refractivity contribution in [3.05, 3.63) is 57.6 Å². The number of carboxylic acid groups (broad SMARTS) is 1. The number of hydrogen-bond donors (Lipinski definition) is 1. The second-order valence-electron chi connectivity index (χ2n) is 3.82. The topological polar surface area (TPSA) is 50.2 Å². The van der Waals surface area contributed by atoms with Gasteiger partial charge in [0.05, 0.1) is 5.56 Å². The molecule has 2 aromatic rings. The minimum atomic E-state index is -1.10. The lowest BCUT2D eigenvalue weighted by molar-refractivity contribution is 0.0696. The highest BCUT2D eigenvalue weighted by Gasteiger charge is 2.10. The van der Waals surface area contributed by atoms with Crippen molar-refractivity contribution in [1.82, 2.24) is 4.98 Å². The molecule has 0 unspecified atom stereocenters. The highest BCUT2D eigenvalue weighted by Crippen LogP contribution is 2.29. The maximum absolute atomic E-state index is 13.6. The molecule has 1 aromatic carbocycles. The molecule has 0 radical (unpaired) electrons. The Labute approximate surface area is 128 Å². The van der Waals surface area contributed by atoms with Crippen molar-refractivity contribution in [1.29, 1.82) is 0 Å². The zero-order valence-electron chi connectivity index (χ0n) is 9.94. The molecule has 0 atom stereocenters. The Morgan fingerprint density at radius 2 is 2.05 bits per heavy atom. The van der Waals surface area contributed by atoms with Crippen LogP contribution >= 0.6 is 35.0 Å². The Kier molecular flexibility index (Phi) is 4.86. The van der Waals surface area contributed by atoms with E-state index in [1.807, 2.05) is 0 Å². The maximum atomic E-state index is 13.6. The summed E-state index contributed by atoms with van der Waals surface area (Å²) in [5.41, 5.74) is 0.732. The first kappa shape index (κ1) is 15.1. The van der Waals surface area contributed by atoms with Gasteiger partial charge in [-0.2, -0.15) is 0 Å². The molecule has 104 valence electrons. The summed E-state index contributed by atoms with van der Waals surface area (Å²) in [6.45, 7) is 0. The summed E-state index contributed by atoms with van der Waals surface area (Å²) in [6.07, 6.45) is 0. The van der Waals surface area contributed by atoms with E-state index < -0.39 is 11.8 Å². The summed E-state index contributed by atoms with van der Waals surface area (Å²) in [7, 11) is 0. The molecule has 0 aliphatic rings. The van der Waals surface area contributed by atoms with Crippen LogP contribution in [-0.4, -0.2) is 16.1 Å². The van der Waals surface area contributed by atoms with E-state index in [0.717, 1.165) is 17.8 Å². The Balaban J connectivity index is 2.18. The van der Waals surface area contributed by atoms with E-state index in [-0.39, 0.29) is 20.8 Å². The normalized spacial score (nSPS) is 10.6. The predicted molar refractivity (Wildman–Crippen MR) is 77.2 cm³/mol. The third kappa shape index (κ3) is 3.62. The summed E-state index contributed by atoms with van der Waals surface area (Å²) >= 11 is 12.8. The molecule has 20 heavy (non-hydrogen) atoms. The van der Waals surface area contributed by atoms with Crippen molar-refractivity contribution in [2.45, 2.75) is 10.6 Å². The molecule has 2 rings (SSSR count). The lowest BCUT2D eigenvalue weighted by Gasteiger charge is -2.06. The van der Waals surface area contributed by atoms with Crippen LogP contribution in [0.3, 0.4) is 0 Å². The molecule has 0 bridgehead atoms. The summed E-state index contributed by atoms with van der Waals surface area (Å²) in [5.74, 6) is -1.21. The van der Waals surface area contributed by atoms with E-state index in [0.29, 0.717) is 11.3 Å². The zero-order valence-corrected chi connectivity index (χ0v) is 12.3. The number of pyridine rings is 1. The van der Waals surface area contributed by atoms with E-state index >= 15 is 0 Å². The van der Waals surface area contributed by atoms with Crippen LogP contribution < -0.4 is 0 Å². The fourth-order valence-electron chi connectivity index (χ4n) is 1.45. The first-order valence-corrected chi connectivity index (χ1v) is 7.18. The molecule has 0 spiro atoms. The van der Waals surface area contributed by atoms with Crippen LogP contribution in [-0.2, 0) is 5.75 Å². The van der Waals surface area contributed by atoms with Gasteiger partial charge in [0.25, 0.3) is 0 Å². The van der Waals surface area contributed by atoms with Crippen LogP contribution in [0.15, 0.2) is 35.2 Å². The number of carboxylic acids is 1. The molecule has 7 heteroatoms. The van der Waals surface area contributed by atoms with E-state index in [2.05, 4.69) is 4.98 Å². The number of aromatic nitrogens is 1. The summed E-state index contributed by atoms with van der Waals surface area (Å²) in [5, 5.41) is 9.41. The third-order valence-electron chi connectivity index (χ3n) is 2.45. The van der Waals surface area contributed by atoms with Crippen LogP contribution in [0.2, 0.25) is 10.3 Å². The Bertz CT molecular complexity index is 667. The summed E-state index contributed by atoms with van der Waals surface area (Å²) in [6, 6.07) is 6.93. The SMILES string of the molecule is O=C(O)c1ccc(F)c(SCc2ccc(Cl)nc2Cl)c1. The molecule has 3 nitrogen and oxygen atoms in total. The van der Waals surface area contributed by atoms with Gasteiger partial charge in [0.15, 0.2) is 0 Å². The van der Waals surface area contributed by atoms with Gasteiger partial charge < -0.3 is 5.11 Å². The molecule has 0 aliphatic carbocycles. The molecule has 0 saturated heterocycles. The van der Waals surface area contributed by atoms with Crippen LogP contribution in [0.1, 0.15) is 15.9 Å². The van der Waals surface area contributed by atoms with Crippen LogP contribution in [0, 0.1) is 5.82 Å². The molecule has 0 fully saturated rings. The smallest absolute Gasteiger partial charge is 0.335 e. The molecule has 1 N–H and O–H groups in total. The predicted octanol–water partition coefficient (Wildman–Crippen LogP) is 4.52. The van der Waals surface area contributed by atoms with Crippen molar-refractivity contribution in [2.24, 2.45) is 0 Å². The highest BCUT2D eigenvalue weighted by atomic mass is 35.5. The Hall–Kier alpha value is -1.30. The van der Waals surface area contributed by atoms with Crippen molar-refractivity contribution in [3.8, 4) is 0 Å². The average molecular weight is 332 g/mol. The standard InChI is InChI=1S/C13H8Cl2FNO2S/c14-11-4-2-8(12(15)17-11)6-20-10-5-7(13(18)19)1-3-9(10)16/h1-5H,6H2,(H,18,19). The molecule has 1 heterocycles. The van der Waals surface area contributed by atoms with Crippen LogP contribution in [0.5, 0.6) is 0 Å². The van der Waals surface area contributed by atoms with E-state index in [1.54, 1.807) is 12.1 Å². The number of aromatic carboxylic acids is 1. The van der Waals surface area contributed by atoms with Crippen molar-refractivity contribution in [2.75, 3.05) is 0 Å². The van der Waals surface area contributed by atoms with Gasteiger partial charge >= 0.3 is 5.97 Å². The van der Waals surface area contributed by atoms with Gasteiger partial charge in [-0.3, -0.25) is 0 Å². The lowest BCUT2D eigenvalue weighted by atomic mass is 10.2. The largest absolute Gasteiger partial charge is 0.478 e. The fourth-order valence-corrected chi connectivity index (χ4v) is 2.90. The quantitative estimate of drug-likeness (QED) is 0.661. The van der Waals surface area contributed by atoms with Gasteiger partial charge in [-0.05, 0) is 29.8 Å². The van der Waals surface area contributed by atoms with Crippen LogP contribution in [0.25, 0.3) is 0 Å². The first-order valence-electron chi connectivity index (χ1n) is 5.44. The highest BCUT2D eigenvalue weighted by molar-refractivity contribution is 7.98. The second-order valence-corrected chi connectivity index (χ2v) is 5.59.